The van der Waals surface area contributed by atoms with Gasteiger partial charge in [0.15, 0.2) is 0 Å². The molecule has 1 nitrogen and oxygen atoms in total. The van der Waals surface area contributed by atoms with E-state index in [4.69, 9.17) is 0 Å². The molecule has 2 rings (SSSR count). The lowest BCUT2D eigenvalue weighted by Gasteiger charge is -2.13. The molecule has 20 heavy (non-hydrogen) atoms. The third kappa shape index (κ3) is 4.21. The lowest BCUT2D eigenvalue weighted by molar-refractivity contribution is 0.165. The molecule has 1 N–H and O–H groups in total. The molecular formula is C19H24O. The number of aliphatic hydroxyl groups excluding tert-OH is 1. The largest absolute Gasteiger partial charge is 0.393 e. The second kappa shape index (κ2) is 6.71. The number of benzene rings is 2. The van der Waals surface area contributed by atoms with E-state index in [9.17, 15) is 5.11 Å². The third-order valence-corrected chi connectivity index (χ3v) is 3.76. The second-order valence-corrected chi connectivity index (χ2v) is 5.82. The molecule has 2 aromatic rings. The fourth-order valence-electron chi connectivity index (χ4n) is 2.77. The minimum atomic E-state index is -0.268. The fraction of sp³-hybridized carbons (Fsp3) is 0.368. The van der Waals surface area contributed by atoms with Crippen LogP contribution in [0.1, 0.15) is 34.2 Å². The molecule has 0 saturated carbocycles. The molecule has 0 heterocycles. The van der Waals surface area contributed by atoms with Crippen molar-refractivity contribution in [3.8, 4) is 0 Å². The molecule has 1 heteroatoms. The Morgan fingerprint density at radius 2 is 1.60 bits per heavy atom. The summed E-state index contributed by atoms with van der Waals surface area (Å²) in [4.78, 5) is 0. The molecule has 0 amide bonds. The highest BCUT2D eigenvalue weighted by Gasteiger charge is 2.08. The summed E-state index contributed by atoms with van der Waals surface area (Å²) in [5.41, 5.74) is 6.43. The molecule has 1 unspecified atom stereocenters. The van der Waals surface area contributed by atoms with E-state index in [-0.39, 0.29) is 6.10 Å². The van der Waals surface area contributed by atoms with Gasteiger partial charge in [0.1, 0.15) is 0 Å². The Bertz CT molecular complexity index is 551. The van der Waals surface area contributed by atoms with E-state index >= 15 is 0 Å². The van der Waals surface area contributed by atoms with Crippen molar-refractivity contribution >= 4 is 0 Å². The zero-order valence-corrected chi connectivity index (χ0v) is 12.7. The lowest BCUT2D eigenvalue weighted by atomic mass is 9.97. The van der Waals surface area contributed by atoms with Gasteiger partial charge in [0.25, 0.3) is 0 Å². The molecule has 1 atom stereocenters. The number of rotatable bonds is 5. The molecule has 0 aliphatic rings. The number of aliphatic hydroxyl groups is 1. The van der Waals surface area contributed by atoms with Crippen LogP contribution in [-0.2, 0) is 12.8 Å². The zero-order valence-electron chi connectivity index (χ0n) is 12.7. The first-order chi connectivity index (χ1) is 9.54. The maximum absolute atomic E-state index is 10.2. The lowest BCUT2D eigenvalue weighted by Crippen LogP contribution is -2.12. The average Bonchev–Trinajstić information content (AvgIpc) is 2.36. The Morgan fingerprint density at radius 3 is 2.25 bits per heavy atom. The monoisotopic (exact) mass is 268 g/mol. The van der Waals surface area contributed by atoms with Gasteiger partial charge < -0.3 is 5.11 Å². The van der Waals surface area contributed by atoms with E-state index in [2.05, 4.69) is 63.2 Å². The minimum Gasteiger partial charge on any atom is -0.393 e. The first kappa shape index (κ1) is 14.8. The first-order valence-corrected chi connectivity index (χ1v) is 7.34. The van der Waals surface area contributed by atoms with Gasteiger partial charge in [-0.05, 0) is 56.7 Å². The topological polar surface area (TPSA) is 20.2 Å². The van der Waals surface area contributed by atoms with Crippen molar-refractivity contribution in [3.05, 3.63) is 70.3 Å². The maximum Gasteiger partial charge on any atom is 0.0583 e. The quantitative estimate of drug-likeness (QED) is 0.863. The van der Waals surface area contributed by atoms with Crippen LogP contribution in [0.15, 0.2) is 42.5 Å². The summed E-state index contributed by atoms with van der Waals surface area (Å²) in [6, 6.07) is 14.9. The maximum atomic E-state index is 10.2. The molecule has 0 bridgehead atoms. The van der Waals surface area contributed by atoms with Crippen molar-refractivity contribution in [1.82, 2.24) is 0 Å². The summed E-state index contributed by atoms with van der Waals surface area (Å²) in [5.74, 6) is 0. The molecule has 0 saturated heterocycles. The summed E-state index contributed by atoms with van der Waals surface area (Å²) in [7, 11) is 0. The molecule has 0 fully saturated rings. The highest BCUT2D eigenvalue weighted by Crippen LogP contribution is 2.15. The van der Waals surface area contributed by atoms with Gasteiger partial charge >= 0.3 is 0 Å². The predicted molar refractivity (Wildman–Crippen MR) is 85.1 cm³/mol. The highest BCUT2D eigenvalue weighted by molar-refractivity contribution is 5.29. The van der Waals surface area contributed by atoms with Crippen LogP contribution in [0.25, 0.3) is 0 Å². The van der Waals surface area contributed by atoms with Crippen LogP contribution >= 0.6 is 0 Å². The molecular weight excluding hydrogens is 244 g/mol. The van der Waals surface area contributed by atoms with Crippen LogP contribution in [0.4, 0.5) is 0 Å². The Labute approximate surface area is 122 Å². The molecule has 0 radical (unpaired) electrons. The first-order valence-electron chi connectivity index (χ1n) is 7.34. The van der Waals surface area contributed by atoms with Crippen molar-refractivity contribution in [1.29, 1.82) is 0 Å². The predicted octanol–water partition coefficient (Wildman–Crippen LogP) is 4.15. The van der Waals surface area contributed by atoms with Crippen LogP contribution in [0, 0.1) is 20.8 Å². The van der Waals surface area contributed by atoms with Gasteiger partial charge in [-0.2, -0.15) is 0 Å². The highest BCUT2D eigenvalue weighted by atomic mass is 16.3. The molecule has 0 aromatic heterocycles. The van der Waals surface area contributed by atoms with Gasteiger partial charge in [0, 0.05) is 0 Å². The van der Waals surface area contributed by atoms with Gasteiger partial charge in [-0.3, -0.25) is 0 Å². The second-order valence-electron chi connectivity index (χ2n) is 5.82. The molecule has 0 aliphatic heterocycles. The van der Waals surface area contributed by atoms with Gasteiger partial charge in [0.05, 0.1) is 6.10 Å². The summed E-state index contributed by atoms with van der Waals surface area (Å²) in [6.45, 7) is 6.35. The molecule has 0 aliphatic carbocycles. The van der Waals surface area contributed by atoms with E-state index in [0.29, 0.717) is 0 Å². The summed E-state index contributed by atoms with van der Waals surface area (Å²) < 4.78 is 0. The standard InChI is InChI=1S/C19H24O/c1-14-10-15(2)12-17(11-14)13-19(20)9-8-18-7-5-4-6-16(18)3/h4-7,10-12,19-20H,8-9,13H2,1-3H3. The summed E-state index contributed by atoms with van der Waals surface area (Å²) >= 11 is 0. The van der Waals surface area contributed by atoms with E-state index < -0.39 is 0 Å². The summed E-state index contributed by atoms with van der Waals surface area (Å²) in [6.07, 6.45) is 2.24. The van der Waals surface area contributed by atoms with Gasteiger partial charge in [0.2, 0.25) is 0 Å². The zero-order chi connectivity index (χ0) is 14.5. The van der Waals surface area contributed by atoms with Gasteiger partial charge in [-0.25, -0.2) is 0 Å². The van der Waals surface area contributed by atoms with E-state index in [1.54, 1.807) is 0 Å². The minimum absolute atomic E-state index is 0.268. The van der Waals surface area contributed by atoms with Crippen molar-refractivity contribution in [2.45, 2.75) is 46.1 Å². The molecule has 0 spiro atoms. The normalized spacial score (nSPS) is 12.4. The van der Waals surface area contributed by atoms with Crippen LogP contribution in [-0.4, -0.2) is 11.2 Å². The average molecular weight is 268 g/mol. The van der Waals surface area contributed by atoms with E-state index in [1.807, 2.05) is 0 Å². The Morgan fingerprint density at radius 1 is 0.950 bits per heavy atom. The van der Waals surface area contributed by atoms with Crippen molar-refractivity contribution < 1.29 is 5.11 Å². The fourth-order valence-corrected chi connectivity index (χ4v) is 2.77. The van der Waals surface area contributed by atoms with Gasteiger partial charge in [-0.1, -0.05) is 53.6 Å². The van der Waals surface area contributed by atoms with Crippen LogP contribution in [0.5, 0.6) is 0 Å². The SMILES string of the molecule is Cc1cc(C)cc(CC(O)CCc2ccccc2C)c1. The Kier molecular flexibility index (Phi) is 4.97. The van der Waals surface area contributed by atoms with E-state index in [0.717, 1.165) is 19.3 Å². The third-order valence-electron chi connectivity index (χ3n) is 3.76. The van der Waals surface area contributed by atoms with Crippen molar-refractivity contribution in [2.75, 3.05) is 0 Å². The number of hydrogen-bond donors (Lipinski definition) is 1. The molecule has 2 aromatic carbocycles. The molecule has 106 valence electrons. The smallest absolute Gasteiger partial charge is 0.0583 e. The van der Waals surface area contributed by atoms with Gasteiger partial charge in [-0.15, -0.1) is 0 Å². The van der Waals surface area contributed by atoms with Crippen LogP contribution in [0.3, 0.4) is 0 Å². The number of hydrogen-bond acceptors (Lipinski definition) is 1. The van der Waals surface area contributed by atoms with E-state index in [1.165, 1.54) is 27.8 Å². The Balaban J connectivity index is 1.92. The van der Waals surface area contributed by atoms with Crippen LogP contribution in [0.2, 0.25) is 0 Å². The van der Waals surface area contributed by atoms with Crippen LogP contribution < -0.4 is 0 Å². The van der Waals surface area contributed by atoms with Crippen molar-refractivity contribution in [3.63, 3.8) is 0 Å². The summed E-state index contributed by atoms with van der Waals surface area (Å²) in [5, 5.41) is 10.2. The Hall–Kier alpha value is -1.60. The van der Waals surface area contributed by atoms with Crippen molar-refractivity contribution in [2.24, 2.45) is 0 Å². The number of aryl methyl sites for hydroxylation is 4.